The van der Waals surface area contributed by atoms with E-state index in [-0.39, 0.29) is 5.75 Å². The Hall–Kier alpha value is -0.540. The van der Waals surface area contributed by atoms with E-state index >= 15 is 0 Å². The van der Waals surface area contributed by atoms with Gasteiger partial charge in [0.25, 0.3) is 0 Å². The summed E-state index contributed by atoms with van der Waals surface area (Å²) in [7, 11) is -1.16. The first-order valence-electron chi connectivity index (χ1n) is 2.93. The largest absolute Gasteiger partial charge is 0.507 e. The predicted octanol–water partition coefficient (Wildman–Crippen LogP) is 1.78. The molecule has 0 aliphatic heterocycles. The van der Waals surface area contributed by atoms with E-state index in [2.05, 4.69) is 0 Å². The molecule has 0 aliphatic rings. The van der Waals surface area contributed by atoms with Gasteiger partial charge in [-0.3, -0.25) is 4.21 Å². The van der Waals surface area contributed by atoms with E-state index in [1.165, 1.54) is 12.3 Å². The summed E-state index contributed by atoms with van der Waals surface area (Å²) in [6.45, 7) is 0. The van der Waals surface area contributed by atoms with E-state index in [9.17, 15) is 9.32 Å². The average Bonchev–Trinajstić information content (AvgIpc) is 1.85. The first-order chi connectivity index (χ1) is 5.11. The van der Waals surface area contributed by atoms with Gasteiger partial charge in [-0.2, -0.15) is 0 Å². The van der Waals surface area contributed by atoms with Crippen LogP contribution in [0.2, 0.25) is 5.02 Å². The lowest BCUT2D eigenvalue weighted by Crippen LogP contribution is -1.86. The van der Waals surface area contributed by atoms with Crippen LogP contribution >= 0.6 is 11.6 Å². The summed E-state index contributed by atoms with van der Waals surface area (Å²) in [5, 5.41) is 9.63. The Bertz CT molecular complexity index is 298. The summed E-state index contributed by atoms with van der Waals surface area (Å²) in [5.74, 6) is -0.0154. The van der Waals surface area contributed by atoms with Gasteiger partial charge < -0.3 is 5.11 Å². The maximum atomic E-state index is 10.9. The Kier molecular flexibility index (Phi) is 2.52. The fourth-order valence-corrected chi connectivity index (χ4v) is 1.51. The highest BCUT2D eigenvalue weighted by Gasteiger charge is 2.03. The smallest absolute Gasteiger partial charge is 0.133 e. The van der Waals surface area contributed by atoms with Gasteiger partial charge in [-0.25, -0.2) is 0 Å². The molecule has 2 nitrogen and oxygen atoms in total. The zero-order valence-electron chi connectivity index (χ0n) is 5.87. The first kappa shape index (κ1) is 8.56. The lowest BCUT2D eigenvalue weighted by Gasteiger charge is -1.99. The summed E-state index contributed by atoms with van der Waals surface area (Å²) in [6, 6.07) is 4.52. The Labute approximate surface area is 72.3 Å². The van der Waals surface area contributed by atoms with Crippen LogP contribution in [0, 0.1) is 0 Å². The fourth-order valence-electron chi connectivity index (χ4n) is 0.734. The molecule has 1 aromatic carbocycles. The van der Waals surface area contributed by atoms with Gasteiger partial charge in [0.1, 0.15) is 5.75 Å². The molecule has 0 aliphatic carbocycles. The number of hydrogen-bond acceptors (Lipinski definition) is 2. The average molecular weight is 191 g/mol. The van der Waals surface area contributed by atoms with Crippen molar-refractivity contribution in [3.8, 4) is 5.75 Å². The molecule has 1 unspecified atom stereocenters. The molecule has 1 atom stereocenters. The van der Waals surface area contributed by atoms with Crippen molar-refractivity contribution in [2.24, 2.45) is 0 Å². The highest BCUT2D eigenvalue weighted by Crippen LogP contribution is 2.23. The molecule has 0 amide bonds. The molecule has 0 bridgehead atoms. The molecule has 60 valence electrons. The Morgan fingerprint density at radius 2 is 2.18 bits per heavy atom. The normalized spacial score (nSPS) is 12.9. The Balaban J connectivity index is 3.20. The van der Waals surface area contributed by atoms with Crippen LogP contribution in [-0.4, -0.2) is 15.6 Å². The number of halogens is 1. The topological polar surface area (TPSA) is 37.3 Å². The molecule has 0 aromatic heterocycles. The highest BCUT2D eigenvalue weighted by atomic mass is 35.5. The maximum absolute atomic E-state index is 10.9. The van der Waals surface area contributed by atoms with Crippen LogP contribution in [0.5, 0.6) is 5.75 Å². The molecule has 0 saturated carbocycles. The lowest BCUT2D eigenvalue weighted by molar-refractivity contribution is 0.461. The molecule has 1 aromatic rings. The third kappa shape index (κ3) is 1.94. The quantitative estimate of drug-likeness (QED) is 0.733. The molecule has 0 radical (unpaired) electrons. The van der Waals surface area contributed by atoms with Crippen molar-refractivity contribution in [1.82, 2.24) is 0 Å². The van der Waals surface area contributed by atoms with Crippen molar-refractivity contribution >= 4 is 22.4 Å². The molecule has 11 heavy (non-hydrogen) atoms. The minimum Gasteiger partial charge on any atom is -0.507 e. The number of hydrogen-bond donors (Lipinski definition) is 1. The van der Waals surface area contributed by atoms with Crippen LogP contribution in [-0.2, 0) is 10.8 Å². The van der Waals surface area contributed by atoms with Gasteiger partial charge >= 0.3 is 0 Å². The van der Waals surface area contributed by atoms with E-state index in [0.717, 1.165) is 0 Å². The van der Waals surface area contributed by atoms with Gasteiger partial charge in [0.2, 0.25) is 0 Å². The summed E-state index contributed by atoms with van der Waals surface area (Å²) >= 11 is 5.56. The van der Waals surface area contributed by atoms with Crippen molar-refractivity contribution in [2.45, 2.75) is 4.90 Å². The SMILES string of the molecule is CS(=O)c1ccc(Cl)cc1O. The number of phenolic OH excluding ortho intramolecular Hbond substituents is 1. The minimum absolute atomic E-state index is 0.0154. The van der Waals surface area contributed by atoms with Crippen molar-refractivity contribution in [2.75, 3.05) is 6.26 Å². The van der Waals surface area contributed by atoms with Crippen molar-refractivity contribution < 1.29 is 9.32 Å². The number of benzene rings is 1. The van der Waals surface area contributed by atoms with E-state index in [4.69, 9.17) is 11.6 Å². The van der Waals surface area contributed by atoms with E-state index < -0.39 is 10.8 Å². The minimum atomic E-state index is -1.16. The van der Waals surface area contributed by atoms with Gasteiger partial charge in [-0.1, -0.05) is 11.6 Å². The molecule has 1 N–H and O–H groups in total. The van der Waals surface area contributed by atoms with E-state index in [1.54, 1.807) is 12.1 Å². The molecule has 0 heterocycles. The van der Waals surface area contributed by atoms with Crippen LogP contribution in [0.4, 0.5) is 0 Å². The standard InChI is InChI=1S/C7H7ClO2S/c1-11(10)7-3-2-5(8)4-6(7)9/h2-4,9H,1H3. The van der Waals surface area contributed by atoms with Crippen LogP contribution in [0.25, 0.3) is 0 Å². The van der Waals surface area contributed by atoms with Gasteiger partial charge in [-0.15, -0.1) is 0 Å². The van der Waals surface area contributed by atoms with Gasteiger partial charge in [0.05, 0.1) is 15.7 Å². The van der Waals surface area contributed by atoms with Crippen molar-refractivity contribution in [1.29, 1.82) is 0 Å². The van der Waals surface area contributed by atoms with Crippen LogP contribution < -0.4 is 0 Å². The molecule has 0 saturated heterocycles. The number of phenols is 1. The Morgan fingerprint density at radius 1 is 1.55 bits per heavy atom. The molecular formula is C7H7ClO2S. The lowest BCUT2D eigenvalue weighted by atomic mass is 10.3. The predicted molar refractivity (Wildman–Crippen MR) is 45.4 cm³/mol. The van der Waals surface area contributed by atoms with Crippen LogP contribution in [0.3, 0.4) is 0 Å². The van der Waals surface area contributed by atoms with Gasteiger partial charge in [0, 0.05) is 11.3 Å². The van der Waals surface area contributed by atoms with Crippen molar-refractivity contribution in [3.05, 3.63) is 23.2 Å². The van der Waals surface area contributed by atoms with E-state index in [1.807, 2.05) is 0 Å². The summed E-state index contributed by atoms with van der Waals surface area (Å²) < 4.78 is 10.9. The second-order valence-corrected chi connectivity index (χ2v) is 3.85. The monoisotopic (exact) mass is 190 g/mol. The van der Waals surface area contributed by atoms with Gasteiger partial charge in [0.15, 0.2) is 0 Å². The molecule has 1 rings (SSSR count). The second kappa shape index (κ2) is 3.24. The zero-order valence-corrected chi connectivity index (χ0v) is 7.45. The second-order valence-electron chi connectivity index (χ2n) is 2.07. The van der Waals surface area contributed by atoms with Crippen molar-refractivity contribution in [3.63, 3.8) is 0 Å². The molecule has 4 heteroatoms. The fraction of sp³-hybridized carbons (Fsp3) is 0.143. The van der Waals surface area contributed by atoms with Gasteiger partial charge in [-0.05, 0) is 18.2 Å². The summed E-state index contributed by atoms with van der Waals surface area (Å²) in [6.07, 6.45) is 1.50. The third-order valence-corrected chi connectivity index (χ3v) is 2.43. The Morgan fingerprint density at radius 3 is 2.64 bits per heavy atom. The molecular weight excluding hydrogens is 184 g/mol. The highest BCUT2D eigenvalue weighted by molar-refractivity contribution is 7.84. The summed E-state index contributed by atoms with van der Waals surface area (Å²) in [5.41, 5.74) is 0. The number of rotatable bonds is 1. The zero-order chi connectivity index (χ0) is 8.43. The first-order valence-corrected chi connectivity index (χ1v) is 4.87. The van der Waals surface area contributed by atoms with Crippen LogP contribution in [0.15, 0.2) is 23.1 Å². The van der Waals surface area contributed by atoms with Crippen LogP contribution in [0.1, 0.15) is 0 Å². The molecule has 0 fully saturated rings. The third-order valence-electron chi connectivity index (χ3n) is 1.23. The maximum Gasteiger partial charge on any atom is 0.133 e. The van der Waals surface area contributed by atoms with E-state index in [0.29, 0.717) is 9.92 Å². The summed E-state index contributed by atoms with van der Waals surface area (Å²) in [4.78, 5) is 0.411. The number of aromatic hydroxyl groups is 1. The molecule has 0 spiro atoms.